The van der Waals surface area contributed by atoms with Crippen LogP contribution in [0.15, 0.2) is 18.2 Å². The average molecular weight is 416 g/mol. The van der Waals surface area contributed by atoms with Crippen LogP contribution in [-0.2, 0) is 22.6 Å². The Morgan fingerprint density at radius 3 is 2.80 bits per heavy atom. The third-order valence-electron chi connectivity index (χ3n) is 5.48. The van der Waals surface area contributed by atoms with E-state index in [1.165, 1.54) is 12.1 Å². The number of nitrogens with zero attached hydrogens (tertiary/aromatic N) is 3. The smallest absolute Gasteiger partial charge is 0.239 e. The second-order valence-corrected chi connectivity index (χ2v) is 7.75. The highest BCUT2D eigenvalue weighted by Crippen LogP contribution is 2.28. The van der Waals surface area contributed by atoms with Crippen LogP contribution in [0.3, 0.4) is 0 Å². The van der Waals surface area contributed by atoms with Gasteiger partial charge in [-0.15, -0.1) is 0 Å². The second-order valence-electron chi connectivity index (χ2n) is 7.75. The van der Waals surface area contributed by atoms with Crippen molar-refractivity contribution in [1.82, 2.24) is 9.47 Å². The van der Waals surface area contributed by atoms with Crippen molar-refractivity contribution in [2.24, 2.45) is 0 Å². The number of amides is 1. The van der Waals surface area contributed by atoms with Crippen molar-refractivity contribution in [3.8, 4) is 6.07 Å². The first kappa shape index (κ1) is 21.9. The number of halogens is 2. The number of anilines is 1. The maximum Gasteiger partial charge on any atom is 0.239 e. The summed E-state index contributed by atoms with van der Waals surface area (Å²) in [4.78, 5) is 14.3. The zero-order valence-corrected chi connectivity index (χ0v) is 17.5. The van der Waals surface area contributed by atoms with E-state index in [2.05, 4.69) is 11.4 Å². The van der Waals surface area contributed by atoms with E-state index in [-0.39, 0.29) is 25.1 Å². The van der Waals surface area contributed by atoms with Gasteiger partial charge in [0.25, 0.3) is 0 Å². The predicted molar refractivity (Wildman–Crippen MR) is 109 cm³/mol. The van der Waals surface area contributed by atoms with Crippen LogP contribution in [0.1, 0.15) is 35.2 Å². The summed E-state index contributed by atoms with van der Waals surface area (Å²) in [5.74, 6) is -1.14. The number of carbonyl (C=O) groups is 1. The third kappa shape index (κ3) is 4.86. The van der Waals surface area contributed by atoms with Crippen LogP contribution in [0, 0.1) is 36.8 Å². The molecular formula is C22H26F2N4O2. The molecule has 30 heavy (non-hydrogen) atoms. The predicted octanol–water partition coefficient (Wildman–Crippen LogP) is 3.50. The lowest BCUT2D eigenvalue weighted by Gasteiger charge is -2.19. The van der Waals surface area contributed by atoms with Crippen molar-refractivity contribution in [3.63, 3.8) is 0 Å². The van der Waals surface area contributed by atoms with Gasteiger partial charge in [0, 0.05) is 30.5 Å². The van der Waals surface area contributed by atoms with E-state index in [9.17, 15) is 18.8 Å². The fourth-order valence-electron chi connectivity index (χ4n) is 3.76. The Hall–Kier alpha value is -2.76. The quantitative estimate of drug-likeness (QED) is 0.750. The molecule has 1 amide bonds. The number of hydrogen-bond acceptors (Lipinski definition) is 4. The lowest BCUT2D eigenvalue weighted by atomic mass is 10.2. The third-order valence-corrected chi connectivity index (χ3v) is 5.48. The first-order valence-corrected chi connectivity index (χ1v) is 9.93. The molecule has 8 heteroatoms. The molecule has 0 spiro atoms. The molecule has 6 nitrogen and oxygen atoms in total. The maximum atomic E-state index is 13.9. The molecule has 2 heterocycles. The Bertz CT molecular complexity index is 974. The Labute approximate surface area is 175 Å². The molecule has 0 aliphatic carbocycles. The molecule has 1 fully saturated rings. The Balaban J connectivity index is 1.72. The molecule has 3 rings (SSSR count). The number of likely N-dealkylation sites (N-methyl/N-ethyl adjacent to an activating group) is 1. The summed E-state index contributed by atoms with van der Waals surface area (Å²) in [5.41, 5.74) is 2.48. The van der Waals surface area contributed by atoms with E-state index >= 15 is 0 Å². The summed E-state index contributed by atoms with van der Waals surface area (Å²) >= 11 is 0. The summed E-state index contributed by atoms with van der Waals surface area (Å²) in [6, 6.07) is 5.57. The van der Waals surface area contributed by atoms with Gasteiger partial charge in [0.15, 0.2) is 0 Å². The second kappa shape index (κ2) is 9.37. The number of benzene rings is 1. The van der Waals surface area contributed by atoms with Gasteiger partial charge >= 0.3 is 0 Å². The topological polar surface area (TPSA) is 70.3 Å². The van der Waals surface area contributed by atoms with Crippen LogP contribution in [-0.4, -0.2) is 41.7 Å². The molecule has 1 aliphatic rings. The Morgan fingerprint density at radius 2 is 2.17 bits per heavy atom. The van der Waals surface area contributed by atoms with Gasteiger partial charge in [-0.05, 0) is 45.4 Å². The molecular weight excluding hydrogens is 390 g/mol. The number of carbonyl (C=O) groups excluding carboxylic acids is 1. The normalized spacial score (nSPS) is 16.1. The Kier molecular flexibility index (Phi) is 6.85. The Morgan fingerprint density at radius 1 is 1.40 bits per heavy atom. The number of nitrogens with one attached hydrogen (secondary N) is 1. The molecule has 1 atom stereocenters. The van der Waals surface area contributed by atoms with E-state index in [1.54, 1.807) is 11.9 Å². The highest BCUT2D eigenvalue weighted by Gasteiger charge is 2.24. The van der Waals surface area contributed by atoms with E-state index in [4.69, 9.17) is 4.74 Å². The number of aromatic nitrogens is 1. The van der Waals surface area contributed by atoms with Crippen LogP contribution in [0.4, 0.5) is 14.6 Å². The lowest BCUT2D eigenvalue weighted by molar-refractivity contribution is -0.117. The van der Waals surface area contributed by atoms with Gasteiger partial charge in [-0.2, -0.15) is 5.26 Å². The van der Waals surface area contributed by atoms with Crippen molar-refractivity contribution in [2.75, 3.05) is 25.5 Å². The highest BCUT2D eigenvalue weighted by atomic mass is 19.1. The van der Waals surface area contributed by atoms with Crippen LogP contribution < -0.4 is 5.32 Å². The molecule has 1 aromatic heterocycles. The first-order valence-electron chi connectivity index (χ1n) is 9.93. The minimum absolute atomic E-state index is 0.00904. The highest BCUT2D eigenvalue weighted by molar-refractivity contribution is 5.93. The molecule has 0 radical (unpaired) electrons. The van der Waals surface area contributed by atoms with Gasteiger partial charge in [0.2, 0.25) is 5.91 Å². The first-order chi connectivity index (χ1) is 14.3. The number of ether oxygens (including phenoxy) is 1. The van der Waals surface area contributed by atoms with E-state index < -0.39 is 11.6 Å². The van der Waals surface area contributed by atoms with Gasteiger partial charge in [0.05, 0.1) is 24.8 Å². The zero-order valence-electron chi connectivity index (χ0n) is 17.5. The van der Waals surface area contributed by atoms with E-state index in [0.29, 0.717) is 23.5 Å². The van der Waals surface area contributed by atoms with Crippen LogP contribution >= 0.6 is 0 Å². The van der Waals surface area contributed by atoms with E-state index in [0.717, 1.165) is 36.8 Å². The molecule has 1 N–H and O–H groups in total. The molecule has 1 aromatic carbocycles. The van der Waals surface area contributed by atoms with Gasteiger partial charge in [0.1, 0.15) is 23.5 Å². The van der Waals surface area contributed by atoms with Gasteiger partial charge in [-0.3, -0.25) is 9.69 Å². The fraction of sp³-hybridized carbons (Fsp3) is 0.455. The van der Waals surface area contributed by atoms with Crippen LogP contribution in [0.25, 0.3) is 0 Å². The summed E-state index contributed by atoms with van der Waals surface area (Å²) in [5, 5.41) is 12.5. The summed E-state index contributed by atoms with van der Waals surface area (Å²) in [7, 11) is 1.68. The average Bonchev–Trinajstić information content (AvgIpc) is 3.27. The number of hydrogen-bond donors (Lipinski definition) is 1. The van der Waals surface area contributed by atoms with Crippen LogP contribution in [0.5, 0.6) is 0 Å². The monoisotopic (exact) mass is 416 g/mol. The van der Waals surface area contributed by atoms with Crippen molar-refractivity contribution >= 4 is 11.7 Å². The molecule has 160 valence electrons. The van der Waals surface area contributed by atoms with Crippen molar-refractivity contribution in [3.05, 3.63) is 52.2 Å². The summed E-state index contributed by atoms with van der Waals surface area (Å²) in [6.07, 6.45) is 2.00. The van der Waals surface area contributed by atoms with Gasteiger partial charge in [-0.1, -0.05) is 6.07 Å². The maximum absolute atomic E-state index is 13.9. The minimum Gasteiger partial charge on any atom is -0.376 e. The van der Waals surface area contributed by atoms with E-state index in [1.807, 2.05) is 18.4 Å². The largest absolute Gasteiger partial charge is 0.376 e. The minimum atomic E-state index is -0.647. The van der Waals surface area contributed by atoms with Crippen LogP contribution in [0.2, 0.25) is 0 Å². The SMILES string of the molecule is Cc1c(C#N)c(NC(=O)CN(C)Cc2ccc(F)cc2F)n(CC2CCCO2)c1C. The van der Waals surface area contributed by atoms with Crippen molar-refractivity contribution in [1.29, 1.82) is 5.26 Å². The zero-order chi connectivity index (χ0) is 21.8. The van der Waals surface area contributed by atoms with Gasteiger partial charge < -0.3 is 14.6 Å². The summed E-state index contributed by atoms with van der Waals surface area (Å²) < 4.78 is 34.6. The van der Waals surface area contributed by atoms with Crippen molar-refractivity contribution in [2.45, 2.75) is 45.9 Å². The van der Waals surface area contributed by atoms with Crippen molar-refractivity contribution < 1.29 is 18.3 Å². The molecule has 1 saturated heterocycles. The molecule has 0 saturated carbocycles. The molecule has 1 aliphatic heterocycles. The molecule has 0 bridgehead atoms. The van der Waals surface area contributed by atoms with Gasteiger partial charge in [-0.25, -0.2) is 8.78 Å². The number of rotatable bonds is 7. The summed E-state index contributed by atoms with van der Waals surface area (Å²) in [6.45, 7) is 5.22. The lowest BCUT2D eigenvalue weighted by Crippen LogP contribution is -2.31. The molecule has 2 aromatic rings. The molecule has 1 unspecified atom stereocenters. The standard InChI is InChI=1S/C22H26F2N4O2/c1-14-15(2)28(12-18-5-4-8-30-18)22(19(14)10-25)26-21(29)13-27(3)11-16-6-7-17(23)9-20(16)24/h6-7,9,18H,4-5,8,11-13H2,1-3H3,(H,26,29). The number of nitriles is 1. The fourth-order valence-corrected chi connectivity index (χ4v) is 3.76.